The minimum Gasteiger partial charge on any atom is -0.480 e. The van der Waals surface area contributed by atoms with Gasteiger partial charge in [-0.25, -0.2) is 24.5 Å². The average molecular weight is 474 g/mol. The van der Waals surface area contributed by atoms with E-state index in [2.05, 4.69) is 30.2 Å². The van der Waals surface area contributed by atoms with Crippen LogP contribution in [0.1, 0.15) is 12.8 Å². The van der Waals surface area contributed by atoms with Gasteiger partial charge < -0.3 is 25.4 Å². The molecule has 2 atom stereocenters. The summed E-state index contributed by atoms with van der Waals surface area (Å²) < 4.78 is 2.06. The smallest absolute Gasteiger partial charge is 0.408 e. The van der Waals surface area contributed by atoms with Gasteiger partial charge in [-0.2, -0.15) is 0 Å². The summed E-state index contributed by atoms with van der Waals surface area (Å²) in [6, 6.07) is 3.86. The minimum absolute atomic E-state index is 0.0273. The number of carbonyl (C=O) groups is 2. The molecule has 2 aromatic heterocycles. The molecule has 174 valence electrons. The summed E-state index contributed by atoms with van der Waals surface area (Å²) >= 11 is 6.34. The Morgan fingerprint density at radius 2 is 2.09 bits per heavy atom. The van der Waals surface area contributed by atoms with E-state index >= 15 is 0 Å². The van der Waals surface area contributed by atoms with Crippen LogP contribution in [0.5, 0.6) is 0 Å². The lowest BCUT2D eigenvalue weighted by atomic mass is 10.1. The number of carboxylic acids is 1. The third-order valence-corrected chi connectivity index (χ3v) is 5.82. The van der Waals surface area contributed by atoms with Gasteiger partial charge in [0.25, 0.3) is 0 Å². The molecule has 1 aromatic carbocycles. The standard InChI is InChI=1S/C21H24ClN7O4/c1-23-4-2-6-28-11-25-16-8-12(22)7-14(18(16)28)15-3-5-24-20(27-15)26-13-9-17(19(30)31)29(10-13)21(32)33/h3,5,7-8,11,13,17,23H,2,4,6,9-10H2,1H3,(H,30,31)(H,32,33)(H,24,26,27)/t13-,17-/m0/s1. The fourth-order valence-electron chi connectivity index (χ4n) is 4.11. The van der Waals surface area contributed by atoms with Crippen LogP contribution in [-0.4, -0.2) is 78.9 Å². The largest absolute Gasteiger partial charge is 0.480 e. The molecule has 1 amide bonds. The highest BCUT2D eigenvalue weighted by Gasteiger charge is 2.40. The third-order valence-electron chi connectivity index (χ3n) is 5.60. The number of nitrogens with zero attached hydrogens (tertiary/aromatic N) is 5. The first kappa shape index (κ1) is 22.7. The summed E-state index contributed by atoms with van der Waals surface area (Å²) in [6.07, 6.45) is 3.15. The first-order chi connectivity index (χ1) is 15.9. The first-order valence-electron chi connectivity index (χ1n) is 10.5. The second kappa shape index (κ2) is 9.59. The van der Waals surface area contributed by atoms with Crippen LogP contribution in [0.2, 0.25) is 5.02 Å². The van der Waals surface area contributed by atoms with Crippen molar-refractivity contribution >= 4 is 40.6 Å². The molecule has 0 aliphatic carbocycles. The van der Waals surface area contributed by atoms with Crippen LogP contribution in [0.4, 0.5) is 10.7 Å². The summed E-state index contributed by atoms with van der Waals surface area (Å²) in [4.78, 5) is 37.1. The van der Waals surface area contributed by atoms with Crippen molar-refractivity contribution in [1.82, 2.24) is 29.7 Å². The van der Waals surface area contributed by atoms with E-state index in [1.54, 1.807) is 24.7 Å². The zero-order valence-electron chi connectivity index (χ0n) is 17.9. The van der Waals surface area contributed by atoms with Crippen molar-refractivity contribution < 1.29 is 19.8 Å². The number of nitrogens with one attached hydrogen (secondary N) is 2. The van der Waals surface area contributed by atoms with E-state index in [9.17, 15) is 19.8 Å². The average Bonchev–Trinajstić information content (AvgIpc) is 3.38. The highest BCUT2D eigenvalue weighted by molar-refractivity contribution is 6.31. The number of likely N-dealkylation sites (tertiary alicyclic amines) is 1. The van der Waals surface area contributed by atoms with Gasteiger partial charge in [0, 0.05) is 42.3 Å². The van der Waals surface area contributed by atoms with Gasteiger partial charge in [-0.05, 0) is 38.2 Å². The Balaban J connectivity index is 1.62. The van der Waals surface area contributed by atoms with Gasteiger partial charge in [-0.15, -0.1) is 0 Å². The third kappa shape index (κ3) is 4.83. The number of aryl methyl sites for hydroxylation is 1. The number of benzene rings is 1. The summed E-state index contributed by atoms with van der Waals surface area (Å²) in [5.41, 5.74) is 3.08. The van der Waals surface area contributed by atoms with Gasteiger partial charge in [0.1, 0.15) is 6.04 Å². The predicted octanol–water partition coefficient (Wildman–Crippen LogP) is 2.37. The number of fused-ring (bicyclic) bond motifs is 1. The van der Waals surface area contributed by atoms with Crippen molar-refractivity contribution in [2.75, 3.05) is 25.5 Å². The van der Waals surface area contributed by atoms with Crippen LogP contribution in [0.25, 0.3) is 22.3 Å². The lowest BCUT2D eigenvalue weighted by Crippen LogP contribution is -2.39. The zero-order valence-corrected chi connectivity index (χ0v) is 18.7. The summed E-state index contributed by atoms with van der Waals surface area (Å²) in [7, 11) is 1.91. The van der Waals surface area contributed by atoms with Crippen LogP contribution in [0.3, 0.4) is 0 Å². The molecular weight excluding hydrogens is 450 g/mol. The monoisotopic (exact) mass is 473 g/mol. The van der Waals surface area contributed by atoms with E-state index in [-0.39, 0.29) is 18.9 Å². The number of carboxylic acid groups (broad SMARTS) is 2. The normalized spacial score (nSPS) is 18.1. The Morgan fingerprint density at radius 3 is 2.79 bits per heavy atom. The second-order valence-corrected chi connectivity index (χ2v) is 8.28. The molecule has 33 heavy (non-hydrogen) atoms. The van der Waals surface area contributed by atoms with Crippen molar-refractivity contribution in [2.45, 2.75) is 31.5 Å². The number of amides is 1. The maximum absolute atomic E-state index is 11.4. The van der Waals surface area contributed by atoms with Gasteiger partial charge >= 0.3 is 12.1 Å². The molecule has 3 aromatic rings. The van der Waals surface area contributed by atoms with Crippen molar-refractivity contribution in [3.8, 4) is 11.3 Å². The molecule has 0 unspecified atom stereocenters. The number of halogens is 1. The van der Waals surface area contributed by atoms with Gasteiger partial charge in [0.2, 0.25) is 5.95 Å². The lowest BCUT2D eigenvalue weighted by Gasteiger charge is -2.16. The second-order valence-electron chi connectivity index (χ2n) is 7.85. The van der Waals surface area contributed by atoms with E-state index in [0.29, 0.717) is 10.7 Å². The maximum atomic E-state index is 11.4. The number of aliphatic carboxylic acids is 1. The zero-order chi connectivity index (χ0) is 23.5. The Kier molecular flexibility index (Phi) is 6.61. The molecule has 1 aliphatic rings. The number of hydrogen-bond acceptors (Lipinski definition) is 7. The van der Waals surface area contributed by atoms with Crippen molar-refractivity contribution in [2.24, 2.45) is 0 Å². The highest BCUT2D eigenvalue weighted by Crippen LogP contribution is 2.31. The Hall–Kier alpha value is -3.44. The number of imidazole rings is 1. The molecular formula is C21H24ClN7O4. The number of hydrogen-bond donors (Lipinski definition) is 4. The molecule has 12 heteroatoms. The van der Waals surface area contributed by atoms with Gasteiger partial charge in [-0.3, -0.25) is 4.90 Å². The van der Waals surface area contributed by atoms with E-state index in [1.165, 1.54) is 0 Å². The first-order valence-corrected chi connectivity index (χ1v) is 10.9. The van der Waals surface area contributed by atoms with Crippen LogP contribution >= 0.6 is 11.6 Å². The molecule has 0 radical (unpaired) electrons. The van der Waals surface area contributed by atoms with E-state index < -0.39 is 24.1 Å². The fraction of sp³-hybridized carbons (Fsp3) is 0.381. The number of rotatable bonds is 8. The Bertz CT molecular complexity index is 1160. The number of aromatic nitrogens is 4. The van der Waals surface area contributed by atoms with Crippen molar-refractivity contribution in [3.63, 3.8) is 0 Å². The van der Waals surface area contributed by atoms with Crippen molar-refractivity contribution in [1.29, 1.82) is 0 Å². The molecule has 0 saturated carbocycles. The molecule has 3 heterocycles. The SMILES string of the molecule is CNCCCn1cnc2cc(Cl)cc(-c3ccnc(N[C@H]4C[C@@H](C(=O)O)N(C(=O)O)C4)n3)c21. The Labute approximate surface area is 194 Å². The molecule has 4 rings (SSSR count). The highest BCUT2D eigenvalue weighted by atomic mass is 35.5. The lowest BCUT2D eigenvalue weighted by molar-refractivity contribution is -0.141. The van der Waals surface area contributed by atoms with E-state index in [0.717, 1.165) is 41.0 Å². The molecule has 1 aliphatic heterocycles. The van der Waals surface area contributed by atoms with Crippen LogP contribution in [0.15, 0.2) is 30.7 Å². The summed E-state index contributed by atoms with van der Waals surface area (Å²) in [5.74, 6) is -0.896. The Morgan fingerprint density at radius 1 is 1.27 bits per heavy atom. The van der Waals surface area contributed by atoms with Gasteiger partial charge in [0.05, 0.1) is 23.1 Å². The minimum atomic E-state index is -1.27. The van der Waals surface area contributed by atoms with E-state index in [1.807, 2.05) is 13.1 Å². The van der Waals surface area contributed by atoms with Crippen LogP contribution in [-0.2, 0) is 11.3 Å². The van der Waals surface area contributed by atoms with Crippen LogP contribution in [0, 0.1) is 0 Å². The summed E-state index contributed by atoms with van der Waals surface area (Å²) in [6.45, 7) is 1.67. The molecule has 1 saturated heterocycles. The molecule has 0 spiro atoms. The molecule has 4 N–H and O–H groups in total. The molecule has 1 fully saturated rings. The maximum Gasteiger partial charge on any atom is 0.408 e. The fourth-order valence-corrected chi connectivity index (χ4v) is 4.33. The topological polar surface area (TPSA) is 146 Å². The van der Waals surface area contributed by atoms with Gasteiger partial charge in [-0.1, -0.05) is 11.6 Å². The quantitative estimate of drug-likeness (QED) is 0.362. The molecule has 0 bridgehead atoms. The van der Waals surface area contributed by atoms with Crippen LogP contribution < -0.4 is 10.6 Å². The molecule has 11 nitrogen and oxygen atoms in total. The van der Waals surface area contributed by atoms with E-state index in [4.69, 9.17) is 11.6 Å². The summed E-state index contributed by atoms with van der Waals surface area (Å²) in [5, 5.41) is 25.4. The number of anilines is 1. The predicted molar refractivity (Wildman–Crippen MR) is 122 cm³/mol. The van der Waals surface area contributed by atoms with Gasteiger partial charge in [0.15, 0.2) is 0 Å². The van der Waals surface area contributed by atoms with Crippen molar-refractivity contribution in [3.05, 3.63) is 35.7 Å².